The first-order valence-electron chi connectivity index (χ1n) is 6.05. The van der Waals surface area contributed by atoms with Crippen LogP contribution in [0.3, 0.4) is 0 Å². The lowest BCUT2D eigenvalue weighted by Gasteiger charge is -2.06. The van der Waals surface area contributed by atoms with Gasteiger partial charge >= 0.3 is 5.69 Å². The van der Waals surface area contributed by atoms with E-state index in [1.807, 2.05) is 6.92 Å². The lowest BCUT2D eigenvalue weighted by molar-refractivity contribution is 0.603. The summed E-state index contributed by atoms with van der Waals surface area (Å²) in [6, 6.07) is 3.42. The zero-order valence-electron chi connectivity index (χ0n) is 10.9. The van der Waals surface area contributed by atoms with Crippen molar-refractivity contribution in [3.05, 3.63) is 33.3 Å². The van der Waals surface area contributed by atoms with Gasteiger partial charge in [-0.2, -0.15) is 0 Å². The zero-order valence-corrected chi connectivity index (χ0v) is 12.5. The number of rotatable bonds is 6. The molecule has 2 aromatic heterocycles. The van der Waals surface area contributed by atoms with Crippen molar-refractivity contribution < 1.29 is 0 Å². The number of nitrogens with one attached hydrogen (secondary N) is 2. The van der Waals surface area contributed by atoms with Gasteiger partial charge in [0.15, 0.2) is 5.16 Å². The maximum absolute atomic E-state index is 11.6. The molecule has 4 N–H and O–H groups in total. The molecule has 0 saturated heterocycles. The molecule has 0 bridgehead atoms. The van der Waals surface area contributed by atoms with Crippen LogP contribution in [0.15, 0.2) is 22.1 Å². The highest BCUT2D eigenvalue weighted by Gasteiger charge is 2.10. The third-order valence-corrected chi connectivity index (χ3v) is 3.91. The fourth-order valence-electron chi connectivity index (χ4n) is 1.63. The molecule has 0 fully saturated rings. The Morgan fingerprint density at radius 3 is 3.05 bits per heavy atom. The summed E-state index contributed by atoms with van der Waals surface area (Å²) >= 11 is 7.48. The van der Waals surface area contributed by atoms with E-state index in [9.17, 15) is 4.79 Å². The number of hydrazine groups is 1. The smallest absolute Gasteiger partial charge is 0.308 e. The highest BCUT2D eigenvalue weighted by Crippen LogP contribution is 2.24. The maximum Gasteiger partial charge on any atom is 0.343 e. The van der Waals surface area contributed by atoms with Crippen LogP contribution < -0.4 is 17.0 Å². The number of hydrogen-bond acceptors (Lipinski definition) is 6. The van der Waals surface area contributed by atoms with Crippen molar-refractivity contribution in [3.63, 3.8) is 0 Å². The van der Waals surface area contributed by atoms with E-state index in [1.165, 1.54) is 11.8 Å². The summed E-state index contributed by atoms with van der Waals surface area (Å²) in [7, 11) is 0. The Kier molecular flexibility index (Phi) is 5.05. The predicted octanol–water partition coefficient (Wildman–Crippen LogP) is 1.61. The second-order valence-electron chi connectivity index (χ2n) is 4.02. The Labute approximate surface area is 124 Å². The van der Waals surface area contributed by atoms with Gasteiger partial charge < -0.3 is 5.43 Å². The van der Waals surface area contributed by atoms with Crippen molar-refractivity contribution in [2.75, 3.05) is 5.43 Å². The van der Waals surface area contributed by atoms with Crippen molar-refractivity contribution in [3.8, 4) is 0 Å². The number of halogens is 1. The van der Waals surface area contributed by atoms with Gasteiger partial charge in [0, 0.05) is 12.3 Å². The summed E-state index contributed by atoms with van der Waals surface area (Å²) in [6.07, 6.45) is 0.860. The molecule has 0 aliphatic rings. The number of hydrogen-bond donors (Lipinski definition) is 3. The molecule has 0 aromatic carbocycles. The van der Waals surface area contributed by atoms with Crippen LogP contribution in [-0.4, -0.2) is 19.7 Å². The van der Waals surface area contributed by atoms with Gasteiger partial charge in [-0.1, -0.05) is 30.3 Å². The van der Waals surface area contributed by atoms with Crippen LogP contribution in [0, 0.1) is 0 Å². The monoisotopic (exact) mass is 314 g/mol. The number of aromatic amines is 1. The van der Waals surface area contributed by atoms with E-state index in [1.54, 1.807) is 16.7 Å². The normalized spacial score (nSPS) is 10.8. The number of H-pyrrole nitrogens is 1. The summed E-state index contributed by atoms with van der Waals surface area (Å²) < 4.78 is 1.60. The quantitative estimate of drug-likeness (QED) is 0.425. The fraction of sp³-hybridized carbons (Fsp3) is 0.364. The lowest BCUT2D eigenvalue weighted by Crippen LogP contribution is -2.17. The number of nitrogens with two attached hydrogens (primary N) is 1. The second-order valence-corrected chi connectivity index (χ2v) is 5.37. The van der Waals surface area contributed by atoms with Gasteiger partial charge in [0.05, 0.1) is 10.7 Å². The molecule has 20 heavy (non-hydrogen) atoms. The molecule has 0 amide bonds. The van der Waals surface area contributed by atoms with Crippen LogP contribution in [0.25, 0.3) is 0 Å². The van der Waals surface area contributed by atoms with Crippen LogP contribution >= 0.6 is 23.4 Å². The van der Waals surface area contributed by atoms with Gasteiger partial charge in [0.1, 0.15) is 5.82 Å². The van der Waals surface area contributed by atoms with Gasteiger partial charge in [-0.25, -0.2) is 20.7 Å². The molecule has 0 atom stereocenters. The third-order valence-electron chi connectivity index (χ3n) is 2.57. The number of nitrogen functional groups attached to an aromatic ring is 1. The van der Waals surface area contributed by atoms with Crippen molar-refractivity contribution >= 4 is 29.2 Å². The molecular weight excluding hydrogens is 300 g/mol. The maximum atomic E-state index is 11.6. The molecule has 9 heteroatoms. The Morgan fingerprint density at radius 2 is 2.35 bits per heavy atom. The number of anilines is 1. The van der Waals surface area contributed by atoms with E-state index >= 15 is 0 Å². The number of nitrogens with zero attached hydrogens (tertiary/aromatic N) is 3. The SMILES string of the molecule is CCCn1c(SCc2nc(NN)ccc2Cl)n[nH]c1=O. The van der Waals surface area contributed by atoms with Gasteiger partial charge in [-0.3, -0.25) is 4.57 Å². The van der Waals surface area contributed by atoms with Gasteiger partial charge in [-0.15, -0.1) is 5.10 Å². The second kappa shape index (κ2) is 6.78. The molecule has 0 spiro atoms. The molecule has 7 nitrogen and oxygen atoms in total. The minimum atomic E-state index is -0.203. The Morgan fingerprint density at radius 1 is 1.55 bits per heavy atom. The van der Waals surface area contributed by atoms with Crippen molar-refractivity contribution in [2.24, 2.45) is 5.84 Å². The number of aromatic nitrogens is 4. The van der Waals surface area contributed by atoms with Gasteiger partial charge in [0.25, 0.3) is 0 Å². The van der Waals surface area contributed by atoms with E-state index < -0.39 is 0 Å². The van der Waals surface area contributed by atoms with Crippen LogP contribution in [0.4, 0.5) is 5.82 Å². The Balaban J connectivity index is 2.14. The molecule has 0 radical (unpaired) electrons. The van der Waals surface area contributed by atoms with Crippen molar-refractivity contribution in [1.82, 2.24) is 19.7 Å². The summed E-state index contributed by atoms with van der Waals surface area (Å²) in [6.45, 7) is 2.63. The lowest BCUT2D eigenvalue weighted by atomic mass is 10.4. The third kappa shape index (κ3) is 3.33. The van der Waals surface area contributed by atoms with Crippen LogP contribution in [0.1, 0.15) is 19.0 Å². The molecule has 2 heterocycles. The van der Waals surface area contributed by atoms with Crippen LogP contribution in [-0.2, 0) is 12.3 Å². The molecule has 0 saturated carbocycles. The minimum Gasteiger partial charge on any atom is -0.308 e. The summed E-state index contributed by atoms with van der Waals surface area (Å²) in [5.41, 5.74) is 2.96. The van der Waals surface area contributed by atoms with Crippen LogP contribution in [0.2, 0.25) is 5.02 Å². The number of pyridine rings is 1. The molecule has 2 aromatic rings. The molecule has 0 unspecified atom stereocenters. The van der Waals surface area contributed by atoms with E-state index in [2.05, 4.69) is 20.6 Å². The molecule has 0 aliphatic heterocycles. The summed E-state index contributed by atoms with van der Waals surface area (Å²) in [5, 5.41) is 7.62. The van der Waals surface area contributed by atoms with Crippen LogP contribution in [0.5, 0.6) is 0 Å². The highest BCUT2D eigenvalue weighted by atomic mass is 35.5. The van der Waals surface area contributed by atoms with Gasteiger partial charge in [-0.05, 0) is 18.6 Å². The van der Waals surface area contributed by atoms with E-state index in [4.69, 9.17) is 17.4 Å². The highest BCUT2D eigenvalue weighted by molar-refractivity contribution is 7.98. The van der Waals surface area contributed by atoms with E-state index in [-0.39, 0.29) is 5.69 Å². The number of thioether (sulfide) groups is 1. The molecule has 2 rings (SSSR count). The topological polar surface area (TPSA) is 102 Å². The average molecular weight is 315 g/mol. The minimum absolute atomic E-state index is 0.203. The first-order chi connectivity index (χ1) is 9.65. The van der Waals surface area contributed by atoms with Gasteiger partial charge in [0.2, 0.25) is 0 Å². The Hall–Kier alpha value is -1.51. The average Bonchev–Trinajstić information content (AvgIpc) is 2.80. The van der Waals surface area contributed by atoms with E-state index in [0.717, 1.165) is 6.42 Å². The first kappa shape index (κ1) is 14.9. The zero-order chi connectivity index (χ0) is 14.5. The Bertz CT molecular complexity index is 640. The summed E-state index contributed by atoms with van der Waals surface area (Å²) in [4.78, 5) is 15.8. The van der Waals surface area contributed by atoms with Crippen molar-refractivity contribution in [2.45, 2.75) is 30.8 Å². The predicted molar refractivity (Wildman–Crippen MR) is 79.8 cm³/mol. The van der Waals surface area contributed by atoms with E-state index in [0.29, 0.717) is 34.0 Å². The standard InChI is InChI=1S/C11H15ClN6OS/c1-2-5-18-10(19)16-17-11(18)20-6-8-7(12)3-4-9(14-8)15-13/h3-4H,2,5-6,13H2,1H3,(H,14,15)(H,16,19). The summed E-state index contributed by atoms with van der Waals surface area (Å²) in [5.74, 6) is 6.36. The molecular formula is C11H15ClN6OS. The van der Waals surface area contributed by atoms with Crippen molar-refractivity contribution in [1.29, 1.82) is 0 Å². The largest absolute Gasteiger partial charge is 0.343 e. The first-order valence-corrected chi connectivity index (χ1v) is 7.42. The molecule has 0 aliphatic carbocycles. The fourth-order valence-corrected chi connectivity index (χ4v) is 2.81. The molecule has 108 valence electrons.